The van der Waals surface area contributed by atoms with Gasteiger partial charge in [-0.1, -0.05) is 12.1 Å². The van der Waals surface area contributed by atoms with Crippen LogP contribution >= 0.6 is 0 Å². The molecule has 6 heteroatoms. The van der Waals surface area contributed by atoms with Gasteiger partial charge in [-0.05, 0) is 49.1 Å². The number of carbonyl (C=O) groups excluding carboxylic acids is 2. The van der Waals surface area contributed by atoms with Gasteiger partial charge in [0.2, 0.25) is 5.91 Å². The largest absolute Gasteiger partial charge is 0.497 e. The lowest BCUT2D eigenvalue weighted by Crippen LogP contribution is -2.46. The van der Waals surface area contributed by atoms with Crippen molar-refractivity contribution in [3.63, 3.8) is 0 Å². The molecular formula is C21H25N3O3. The van der Waals surface area contributed by atoms with E-state index in [0.717, 1.165) is 30.6 Å². The van der Waals surface area contributed by atoms with Crippen LogP contribution in [0.3, 0.4) is 0 Å². The monoisotopic (exact) mass is 367 g/mol. The summed E-state index contributed by atoms with van der Waals surface area (Å²) in [5.41, 5.74) is 1.69. The fourth-order valence-electron chi connectivity index (χ4n) is 3.24. The minimum Gasteiger partial charge on any atom is -0.497 e. The Morgan fingerprint density at radius 2 is 1.93 bits per heavy atom. The van der Waals surface area contributed by atoms with E-state index in [-0.39, 0.29) is 17.9 Å². The van der Waals surface area contributed by atoms with Crippen LogP contribution in [0.1, 0.15) is 35.2 Å². The topological polar surface area (TPSA) is 71.5 Å². The van der Waals surface area contributed by atoms with Crippen LogP contribution in [0.15, 0.2) is 48.8 Å². The maximum absolute atomic E-state index is 12.5. The zero-order valence-corrected chi connectivity index (χ0v) is 15.6. The van der Waals surface area contributed by atoms with Gasteiger partial charge in [0.25, 0.3) is 5.91 Å². The van der Waals surface area contributed by atoms with E-state index in [1.807, 2.05) is 29.2 Å². The van der Waals surface area contributed by atoms with Gasteiger partial charge in [0, 0.05) is 37.9 Å². The van der Waals surface area contributed by atoms with Crippen molar-refractivity contribution >= 4 is 11.8 Å². The molecule has 1 fully saturated rings. The molecule has 2 aromatic rings. The Balaban J connectivity index is 1.41. The predicted molar refractivity (Wildman–Crippen MR) is 103 cm³/mol. The van der Waals surface area contributed by atoms with Crippen molar-refractivity contribution in [2.75, 3.05) is 20.2 Å². The zero-order valence-electron chi connectivity index (χ0n) is 15.6. The Hall–Kier alpha value is -2.89. The average Bonchev–Trinajstić information content (AvgIpc) is 2.73. The van der Waals surface area contributed by atoms with Crippen LogP contribution < -0.4 is 10.1 Å². The van der Waals surface area contributed by atoms with Crippen molar-refractivity contribution in [3.05, 3.63) is 59.9 Å². The Bertz CT molecular complexity index is 754. The lowest BCUT2D eigenvalue weighted by atomic mass is 10.0. The summed E-state index contributed by atoms with van der Waals surface area (Å²) in [7, 11) is 1.64. The number of nitrogens with one attached hydrogen (secondary N) is 1. The minimum atomic E-state index is -0.104. The SMILES string of the molecule is COc1ccc(CCC(=O)N2CCC(NC(=O)c3cccnc3)CC2)cc1. The van der Waals surface area contributed by atoms with E-state index in [9.17, 15) is 9.59 Å². The highest BCUT2D eigenvalue weighted by molar-refractivity contribution is 5.94. The number of hydrogen-bond acceptors (Lipinski definition) is 4. The molecule has 1 saturated heterocycles. The van der Waals surface area contributed by atoms with E-state index >= 15 is 0 Å². The lowest BCUT2D eigenvalue weighted by molar-refractivity contribution is -0.132. The number of pyridine rings is 1. The molecule has 1 aromatic carbocycles. The van der Waals surface area contributed by atoms with Crippen LogP contribution in [-0.2, 0) is 11.2 Å². The molecular weight excluding hydrogens is 342 g/mol. The number of methoxy groups -OCH3 is 1. The van der Waals surface area contributed by atoms with Crippen LogP contribution in [0.25, 0.3) is 0 Å². The summed E-state index contributed by atoms with van der Waals surface area (Å²) in [4.78, 5) is 30.5. The maximum atomic E-state index is 12.5. The molecule has 3 rings (SSSR count). The standard InChI is InChI=1S/C21H25N3O3/c1-27-19-7-4-16(5-8-19)6-9-20(25)24-13-10-18(11-14-24)23-21(26)17-3-2-12-22-15-17/h2-5,7-8,12,15,18H,6,9-11,13-14H2,1H3,(H,23,26). The van der Waals surface area contributed by atoms with Gasteiger partial charge >= 0.3 is 0 Å². The average molecular weight is 367 g/mol. The first kappa shape index (κ1) is 18.9. The first-order valence-corrected chi connectivity index (χ1v) is 9.27. The molecule has 0 spiro atoms. The van der Waals surface area contributed by atoms with Gasteiger partial charge in [-0.3, -0.25) is 14.6 Å². The first-order chi connectivity index (χ1) is 13.2. The third-order valence-corrected chi connectivity index (χ3v) is 4.89. The van der Waals surface area contributed by atoms with Gasteiger partial charge in [-0.15, -0.1) is 0 Å². The molecule has 1 aliphatic heterocycles. The van der Waals surface area contributed by atoms with Crippen molar-refractivity contribution in [2.45, 2.75) is 31.7 Å². The fraction of sp³-hybridized carbons (Fsp3) is 0.381. The molecule has 142 valence electrons. The highest BCUT2D eigenvalue weighted by Crippen LogP contribution is 2.15. The van der Waals surface area contributed by atoms with Gasteiger partial charge in [-0.2, -0.15) is 0 Å². The second-order valence-electron chi connectivity index (χ2n) is 6.72. The summed E-state index contributed by atoms with van der Waals surface area (Å²) in [6.45, 7) is 1.36. The number of ether oxygens (including phenoxy) is 1. The molecule has 1 N–H and O–H groups in total. The number of rotatable bonds is 6. The van der Waals surface area contributed by atoms with E-state index in [1.54, 1.807) is 31.6 Å². The number of carbonyl (C=O) groups is 2. The predicted octanol–water partition coefficient (Wildman–Crippen LogP) is 2.44. The number of amides is 2. The number of aromatic nitrogens is 1. The summed E-state index contributed by atoms with van der Waals surface area (Å²) in [6.07, 6.45) is 5.99. The van der Waals surface area contributed by atoms with Gasteiger partial charge in [0.15, 0.2) is 0 Å². The maximum Gasteiger partial charge on any atom is 0.253 e. The van der Waals surface area contributed by atoms with Crippen molar-refractivity contribution in [1.29, 1.82) is 0 Å². The number of likely N-dealkylation sites (tertiary alicyclic amines) is 1. The quantitative estimate of drug-likeness (QED) is 0.851. The molecule has 6 nitrogen and oxygen atoms in total. The highest BCUT2D eigenvalue weighted by atomic mass is 16.5. The first-order valence-electron chi connectivity index (χ1n) is 9.27. The van der Waals surface area contributed by atoms with E-state index in [4.69, 9.17) is 4.74 Å². The molecule has 2 amide bonds. The van der Waals surface area contributed by atoms with Crippen molar-refractivity contribution in [3.8, 4) is 5.75 Å². The molecule has 0 bridgehead atoms. The molecule has 0 aliphatic carbocycles. The fourth-order valence-corrected chi connectivity index (χ4v) is 3.24. The van der Waals surface area contributed by atoms with Crippen molar-refractivity contribution in [2.24, 2.45) is 0 Å². The number of benzene rings is 1. The van der Waals surface area contributed by atoms with Crippen molar-refractivity contribution in [1.82, 2.24) is 15.2 Å². The molecule has 1 aliphatic rings. The van der Waals surface area contributed by atoms with Crippen molar-refractivity contribution < 1.29 is 14.3 Å². The van der Waals surface area contributed by atoms with Crippen LogP contribution in [-0.4, -0.2) is 47.9 Å². The second-order valence-corrected chi connectivity index (χ2v) is 6.72. The third kappa shape index (κ3) is 5.29. The normalized spacial score (nSPS) is 14.6. The van der Waals surface area contributed by atoms with Gasteiger partial charge in [-0.25, -0.2) is 0 Å². The molecule has 0 atom stereocenters. The Kier molecular flexibility index (Phi) is 6.41. The number of hydrogen-bond donors (Lipinski definition) is 1. The zero-order chi connectivity index (χ0) is 19.1. The van der Waals surface area contributed by atoms with Crippen LogP contribution in [0.2, 0.25) is 0 Å². The molecule has 27 heavy (non-hydrogen) atoms. The molecule has 0 saturated carbocycles. The molecule has 0 radical (unpaired) electrons. The molecule has 0 unspecified atom stereocenters. The van der Waals surface area contributed by atoms with E-state index in [2.05, 4.69) is 10.3 Å². The summed E-state index contributed by atoms with van der Waals surface area (Å²) < 4.78 is 5.15. The Morgan fingerprint density at radius 3 is 2.56 bits per heavy atom. The second kappa shape index (κ2) is 9.16. The minimum absolute atomic E-state index is 0.100. The number of aryl methyl sites for hydroxylation is 1. The number of nitrogens with zero attached hydrogens (tertiary/aromatic N) is 2. The summed E-state index contributed by atoms with van der Waals surface area (Å²) in [5.74, 6) is 0.885. The summed E-state index contributed by atoms with van der Waals surface area (Å²) in [6, 6.07) is 11.4. The van der Waals surface area contributed by atoms with Crippen LogP contribution in [0.4, 0.5) is 0 Å². The Labute approximate surface area is 159 Å². The Morgan fingerprint density at radius 1 is 1.19 bits per heavy atom. The van der Waals surface area contributed by atoms with Crippen LogP contribution in [0, 0.1) is 0 Å². The van der Waals surface area contributed by atoms with Gasteiger partial charge < -0.3 is 15.0 Å². The third-order valence-electron chi connectivity index (χ3n) is 4.89. The van der Waals surface area contributed by atoms with E-state index < -0.39 is 0 Å². The molecule has 1 aromatic heterocycles. The molecule has 2 heterocycles. The van der Waals surface area contributed by atoms with Gasteiger partial charge in [0.05, 0.1) is 12.7 Å². The van der Waals surface area contributed by atoms with Crippen LogP contribution in [0.5, 0.6) is 5.75 Å². The van der Waals surface area contributed by atoms with Gasteiger partial charge in [0.1, 0.15) is 5.75 Å². The van der Waals surface area contributed by atoms with E-state index in [0.29, 0.717) is 25.1 Å². The summed E-state index contributed by atoms with van der Waals surface area (Å²) in [5, 5.41) is 3.03. The highest BCUT2D eigenvalue weighted by Gasteiger charge is 2.24. The smallest absolute Gasteiger partial charge is 0.253 e. The number of piperidine rings is 1. The lowest BCUT2D eigenvalue weighted by Gasteiger charge is -2.32. The van der Waals surface area contributed by atoms with E-state index in [1.165, 1.54) is 0 Å². The summed E-state index contributed by atoms with van der Waals surface area (Å²) >= 11 is 0.